The molecule has 0 unspecified atom stereocenters. The fraction of sp³-hybridized carbons (Fsp3) is 0.222. The van der Waals surface area contributed by atoms with Gasteiger partial charge in [0.2, 0.25) is 5.95 Å². The number of anilines is 2. The van der Waals surface area contributed by atoms with Crippen molar-refractivity contribution < 1.29 is 9.53 Å². The van der Waals surface area contributed by atoms with E-state index in [0.29, 0.717) is 12.6 Å². The van der Waals surface area contributed by atoms with E-state index in [4.69, 9.17) is 4.74 Å². The second-order valence-electron chi connectivity index (χ2n) is 5.60. The summed E-state index contributed by atoms with van der Waals surface area (Å²) in [6.07, 6.45) is -0.518. The molecule has 2 aromatic carbocycles. The highest BCUT2D eigenvalue weighted by Crippen LogP contribution is 2.26. The topological polar surface area (TPSA) is 70.2 Å². The minimum absolute atomic E-state index is 0.319. The van der Waals surface area contributed by atoms with Crippen molar-refractivity contribution in [2.45, 2.75) is 6.92 Å². The number of carbonyl (C=O) groups is 1. The smallest absolute Gasteiger partial charge is 0.413 e. The third-order valence-corrected chi connectivity index (χ3v) is 3.70. The number of aromatic nitrogens is 2. The zero-order chi connectivity index (χ0) is 17.1. The maximum absolute atomic E-state index is 11.5. The monoisotopic (exact) mass is 324 g/mol. The quantitative estimate of drug-likeness (QED) is 0.764. The van der Waals surface area contributed by atoms with Crippen molar-refractivity contribution in [2.75, 3.05) is 30.9 Å². The van der Waals surface area contributed by atoms with E-state index in [2.05, 4.69) is 44.5 Å². The third kappa shape index (κ3) is 3.32. The molecular formula is C18H20N4O2. The van der Waals surface area contributed by atoms with Crippen LogP contribution >= 0.6 is 0 Å². The SMILES string of the molecule is CCOC(=O)Nc1nc2cc(-c3ccc(N(C)C)cc3)ccc2[nH]1. The predicted octanol–water partition coefficient (Wildman–Crippen LogP) is 3.86. The molecule has 0 aliphatic carbocycles. The first kappa shape index (κ1) is 15.9. The van der Waals surface area contributed by atoms with Crippen molar-refractivity contribution in [1.82, 2.24) is 9.97 Å². The molecule has 0 saturated heterocycles. The van der Waals surface area contributed by atoms with E-state index in [-0.39, 0.29) is 0 Å². The molecule has 0 atom stereocenters. The summed E-state index contributed by atoms with van der Waals surface area (Å²) in [6, 6.07) is 14.3. The van der Waals surface area contributed by atoms with Gasteiger partial charge in [-0.25, -0.2) is 9.78 Å². The van der Waals surface area contributed by atoms with Gasteiger partial charge in [0.25, 0.3) is 0 Å². The van der Waals surface area contributed by atoms with E-state index in [9.17, 15) is 4.79 Å². The fourth-order valence-electron chi connectivity index (χ4n) is 2.46. The van der Waals surface area contributed by atoms with Crippen LogP contribution in [0.1, 0.15) is 6.92 Å². The van der Waals surface area contributed by atoms with E-state index >= 15 is 0 Å². The van der Waals surface area contributed by atoms with Crippen molar-refractivity contribution >= 4 is 28.8 Å². The average Bonchev–Trinajstić information content (AvgIpc) is 2.96. The number of fused-ring (bicyclic) bond motifs is 1. The molecular weight excluding hydrogens is 304 g/mol. The van der Waals surface area contributed by atoms with Gasteiger partial charge >= 0.3 is 6.09 Å². The standard InChI is InChI=1S/C18H20N4O2/c1-4-24-18(23)21-17-19-15-10-7-13(11-16(15)20-17)12-5-8-14(9-6-12)22(2)3/h5-11H,4H2,1-3H3,(H2,19,20,21,23). The van der Waals surface area contributed by atoms with Crippen molar-refractivity contribution in [2.24, 2.45) is 0 Å². The molecule has 0 fully saturated rings. The second-order valence-corrected chi connectivity index (χ2v) is 5.60. The molecule has 3 rings (SSSR count). The number of aromatic amines is 1. The van der Waals surface area contributed by atoms with Crippen molar-refractivity contribution in [3.63, 3.8) is 0 Å². The van der Waals surface area contributed by atoms with Crippen LogP contribution in [0, 0.1) is 0 Å². The van der Waals surface area contributed by atoms with Gasteiger partial charge in [-0.15, -0.1) is 0 Å². The normalized spacial score (nSPS) is 10.6. The van der Waals surface area contributed by atoms with Crippen LogP contribution in [-0.2, 0) is 4.74 Å². The molecule has 1 aromatic heterocycles. The van der Waals surface area contributed by atoms with Gasteiger partial charge in [0.1, 0.15) is 0 Å². The first-order valence-corrected chi connectivity index (χ1v) is 7.78. The number of nitrogens with one attached hydrogen (secondary N) is 2. The van der Waals surface area contributed by atoms with Crippen LogP contribution in [0.5, 0.6) is 0 Å². The molecule has 0 saturated carbocycles. The van der Waals surface area contributed by atoms with E-state index in [1.807, 2.05) is 32.3 Å². The molecule has 0 aliphatic heterocycles. The number of H-pyrrole nitrogens is 1. The Bertz CT molecular complexity index is 853. The van der Waals surface area contributed by atoms with E-state index in [1.165, 1.54) is 0 Å². The highest BCUT2D eigenvalue weighted by Gasteiger charge is 2.08. The molecule has 3 aromatic rings. The Hall–Kier alpha value is -3.02. The summed E-state index contributed by atoms with van der Waals surface area (Å²) < 4.78 is 4.85. The summed E-state index contributed by atoms with van der Waals surface area (Å²) in [5, 5.41) is 2.58. The van der Waals surface area contributed by atoms with Crippen molar-refractivity contribution in [1.29, 1.82) is 0 Å². The molecule has 124 valence electrons. The Balaban J connectivity index is 1.86. The highest BCUT2D eigenvalue weighted by atomic mass is 16.5. The first-order chi connectivity index (χ1) is 11.6. The number of ether oxygens (including phenoxy) is 1. The van der Waals surface area contributed by atoms with Gasteiger partial charge in [0.15, 0.2) is 0 Å². The lowest BCUT2D eigenvalue weighted by molar-refractivity contribution is 0.167. The number of hydrogen-bond donors (Lipinski definition) is 2. The minimum atomic E-state index is -0.518. The Labute approximate surface area is 140 Å². The largest absolute Gasteiger partial charge is 0.450 e. The first-order valence-electron chi connectivity index (χ1n) is 7.78. The Morgan fingerprint density at radius 1 is 1.17 bits per heavy atom. The van der Waals surface area contributed by atoms with E-state index < -0.39 is 6.09 Å². The van der Waals surface area contributed by atoms with Crippen molar-refractivity contribution in [3.8, 4) is 11.1 Å². The summed E-state index contributed by atoms with van der Waals surface area (Å²) in [6.45, 7) is 2.07. The third-order valence-electron chi connectivity index (χ3n) is 3.70. The number of amides is 1. The number of carbonyl (C=O) groups excluding carboxylic acids is 1. The Morgan fingerprint density at radius 2 is 1.88 bits per heavy atom. The summed E-state index contributed by atoms with van der Waals surface area (Å²) in [4.78, 5) is 21.0. The minimum Gasteiger partial charge on any atom is -0.450 e. The summed E-state index contributed by atoms with van der Waals surface area (Å²) >= 11 is 0. The summed E-state index contributed by atoms with van der Waals surface area (Å²) in [5.74, 6) is 0.378. The lowest BCUT2D eigenvalue weighted by Crippen LogP contribution is -2.14. The number of rotatable bonds is 4. The van der Waals surface area contributed by atoms with Crippen LogP contribution in [-0.4, -0.2) is 36.8 Å². The molecule has 6 nitrogen and oxygen atoms in total. The van der Waals surface area contributed by atoms with Crippen LogP contribution in [0.15, 0.2) is 42.5 Å². The maximum Gasteiger partial charge on any atom is 0.413 e. The number of imidazole rings is 1. The lowest BCUT2D eigenvalue weighted by Gasteiger charge is -2.12. The molecule has 6 heteroatoms. The zero-order valence-electron chi connectivity index (χ0n) is 14.0. The Morgan fingerprint density at radius 3 is 2.54 bits per heavy atom. The van der Waals surface area contributed by atoms with Crippen LogP contribution in [0.3, 0.4) is 0 Å². The van der Waals surface area contributed by atoms with Gasteiger partial charge in [-0.2, -0.15) is 0 Å². The summed E-state index contributed by atoms with van der Waals surface area (Å²) in [5.41, 5.74) is 4.99. The molecule has 0 bridgehead atoms. The fourth-order valence-corrected chi connectivity index (χ4v) is 2.46. The molecule has 0 spiro atoms. The number of hydrogen-bond acceptors (Lipinski definition) is 4. The molecule has 1 heterocycles. The predicted molar refractivity (Wildman–Crippen MR) is 96.5 cm³/mol. The molecule has 1 amide bonds. The van der Waals surface area contributed by atoms with Gasteiger partial charge in [-0.05, 0) is 42.3 Å². The maximum atomic E-state index is 11.5. The molecule has 2 N–H and O–H groups in total. The van der Waals surface area contributed by atoms with Gasteiger partial charge in [-0.1, -0.05) is 18.2 Å². The highest BCUT2D eigenvalue weighted by molar-refractivity contribution is 5.88. The van der Waals surface area contributed by atoms with Gasteiger partial charge in [-0.3, -0.25) is 5.32 Å². The van der Waals surface area contributed by atoms with Crippen LogP contribution < -0.4 is 10.2 Å². The second kappa shape index (κ2) is 6.62. The van der Waals surface area contributed by atoms with E-state index in [1.54, 1.807) is 6.92 Å². The van der Waals surface area contributed by atoms with Crippen LogP contribution in [0.4, 0.5) is 16.4 Å². The van der Waals surface area contributed by atoms with Gasteiger partial charge in [0, 0.05) is 19.8 Å². The zero-order valence-corrected chi connectivity index (χ0v) is 14.0. The van der Waals surface area contributed by atoms with Gasteiger partial charge < -0.3 is 14.6 Å². The van der Waals surface area contributed by atoms with Crippen LogP contribution in [0.25, 0.3) is 22.2 Å². The lowest BCUT2D eigenvalue weighted by atomic mass is 10.0. The van der Waals surface area contributed by atoms with Crippen LogP contribution in [0.2, 0.25) is 0 Å². The average molecular weight is 324 g/mol. The summed E-state index contributed by atoms with van der Waals surface area (Å²) in [7, 11) is 4.03. The van der Waals surface area contributed by atoms with E-state index in [0.717, 1.165) is 27.8 Å². The molecule has 0 aliphatic rings. The Kier molecular flexibility index (Phi) is 4.37. The van der Waals surface area contributed by atoms with Crippen molar-refractivity contribution in [3.05, 3.63) is 42.5 Å². The molecule has 24 heavy (non-hydrogen) atoms. The number of benzene rings is 2. The number of nitrogens with zero attached hydrogens (tertiary/aromatic N) is 2. The molecule has 0 radical (unpaired) electrons. The van der Waals surface area contributed by atoms with Gasteiger partial charge in [0.05, 0.1) is 17.6 Å².